The summed E-state index contributed by atoms with van der Waals surface area (Å²) >= 11 is 0. The van der Waals surface area contributed by atoms with Crippen molar-refractivity contribution in [1.82, 2.24) is 0 Å². The Hall–Kier alpha value is -1.67. The van der Waals surface area contributed by atoms with E-state index in [1.54, 1.807) is 0 Å². The largest absolute Gasteiger partial charge is 0.388 e. The molecule has 3 rings (SSSR count). The van der Waals surface area contributed by atoms with Gasteiger partial charge in [0.25, 0.3) is 0 Å². The van der Waals surface area contributed by atoms with Gasteiger partial charge < -0.3 is 9.90 Å². The van der Waals surface area contributed by atoms with Crippen molar-refractivity contribution in [3.8, 4) is 0 Å². The summed E-state index contributed by atoms with van der Waals surface area (Å²) in [5.74, 6) is 1.63. The molecule has 2 aliphatic carbocycles. The van der Waals surface area contributed by atoms with Gasteiger partial charge in [0.05, 0.1) is 6.10 Å². The van der Waals surface area contributed by atoms with E-state index in [1.165, 1.54) is 56.9 Å². The molecule has 1 N–H and O–H groups in total. The Kier molecular flexibility index (Phi) is 18.7. The maximum absolute atomic E-state index is 10.8. The highest BCUT2D eigenvalue weighted by atomic mass is 16.3. The van der Waals surface area contributed by atoms with Gasteiger partial charge in [-0.15, -0.1) is 13.2 Å². The molecule has 2 heteroatoms. The second kappa shape index (κ2) is 19.6. The summed E-state index contributed by atoms with van der Waals surface area (Å²) < 4.78 is 0. The van der Waals surface area contributed by atoms with Crippen molar-refractivity contribution >= 4 is 6.29 Å². The molecule has 3 unspecified atom stereocenters. The fourth-order valence-corrected chi connectivity index (χ4v) is 5.09. The third-order valence-electron chi connectivity index (χ3n) is 7.02. The highest BCUT2D eigenvalue weighted by Gasteiger charge is 2.43. The van der Waals surface area contributed by atoms with E-state index in [0.29, 0.717) is 6.42 Å². The van der Waals surface area contributed by atoms with Gasteiger partial charge in [0, 0.05) is 11.8 Å². The number of rotatable bonds is 9. The summed E-state index contributed by atoms with van der Waals surface area (Å²) in [5, 5.41) is 10.8. The topological polar surface area (TPSA) is 37.3 Å². The zero-order valence-electron chi connectivity index (χ0n) is 23.0. The molecule has 0 aliphatic heterocycles. The number of hydrogen-bond donors (Lipinski definition) is 1. The second-order valence-electron chi connectivity index (χ2n) is 10.0. The number of hydrogen-bond acceptors (Lipinski definition) is 2. The van der Waals surface area contributed by atoms with Crippen LogP contribution in [-0.2, 0) is 4.79 Å². The first-order chi connectivity index (χ1) is 16.5. The van der Waals surface area contributed by atoms with Crippen LogP contribution in [0, 0.1) is 11.3 Å². The summed E-state index contributed by atoms with van der Waals surface area (Å²) in [6.45, 7) is 16.8. The van der Waals surface area contributed by atoms with Crippen molar-refractivity contribution in [3.63, 3.8) is 0 Å². The summed E-state index contributed by atoms with van der Waals surface area (Å²) in [4.78, 5) is 9.74. The van der Waals surface area contributed by atoms with Gasteiger partial charge in [-0.25, -0.2) is 0 Å². The Morgan fingerprint density at radius 2 is 1.71 bits per heavy atom. The highest BCUT2D eigenvalue weighted by Crippen LogP contribution is 2.53. The number of carbonyl (C=O) groups excluding carboxylic acids is 1. The fraction of sp³-hybridized carbons (Fsp3) is 0.656. The van der Waals surface area contributed by atoms with Gasteiger partial charge in [-0.2, -0.15) is 0 Å². The van der Waals surface area contributed by atoms with E-state index in [-0.39, 0.29) is 11.5 Å². The number of aliphatic hydroxyl groups excluding tert-OH is 1. The standard InChI is InChI=1S/C20H30O.C7H12O.C3H8.C2H4/c1-3-11-20(12-4-13-20)19(21)17-9-7-16(8-10-17)18-6-5-15(2)14-18;1-2-3-4-5-6-7-8;1-3-2;1-2/h7-10,15,18-19,21H,3-6,11-14H2,1-2H3;2-3,7H,4-6H2,1H3;3H2,1-2H3;1-2H2/b;3-2-;;. The quantitative estimate of drug-likeness (QED) is 0.221. The van der Waals surface area contributed by atoms with Gasteiger partial charge >= 0.3 is 0 Å². The van der Waals surface area contributed by atoms with Crippen LogP contribution < -0.4 is 0 Å². The smallest absolute Gasteiger partial charge is 0.120 e. The van der Waals surface area contributed by atoms with Crippen molar-refractivity contribution in [2.75, 3.05) is 0 Å². The molecule has 194 valence electrons. The summed E-state index contributed by atoms with van der Waals surface area (Å²) in [5.41, 5.74) is 2.80. The summed E-state index contributed by atoms with van der Waals surface area (Å²) in [6.07, 6.45) is 18.8. The van der Waals surface area contributed by atoms with Crippen LogP contribution in [0.3, 0.4) is 0 Å². The summed E-state index contributed by atoms with van der Waals surface area (Å²) in [7, 11) is 0. The maximum Gasteiger partial charge on any atom is 0.120 e. The molecule has 0 heterocycles. The van der Waals surface area contributed by atoms with Crippen molar-refractivity contribution in [2.24, 2.45) is 11.3 Å². The van der Waals surface area contributed by atoms with Crippen LogP contribution in [-0.4, -0.2) is 11.4 Å². The van der Waals surface area contributed by atoms with Crippen LogP contribution in [0.15, 0.2) is 49.6 Å². The highest BCUT2D eigenvalue weighted by molar-refractivity contribution is 5.49. The number of allylic oxidation sites excluding steroid dienone is 2. The average molecular weight is 471 g/mol. The molecule has 0 bridgehead atoms. The molecule has 2 saturated carbocycles. The lowest BCUT2D eigenvalue weighted by atomic mass is 9.61. The van der Waals surface area contributed by atoms with E-state index in [4.69, 9.17) is 0 Å². The molecule has 34 heavy (non-hydrogen) atoms. The molecular weight excluding hydrogens is 416 g/mol. The van der Waals surface area contributed by atoms with Crippen LogP contribution in [0.4, 0.5) is 0 Å². The number of carbonyl (C=O) groups is 1. The lowest BCUT2D eigenvalue weighted by molar-refractivity contribution is -0.107. The molecule has 3 atom stereocenters. The predicted molar refractivity (Wildman–Crippen MR) is 150 cm³/mol. The minimum absolute atomic E-state index is 0.179. The third-order valence-corrected chi connectivity index (χ3v) is 7.02. The summed E-state index contributed by atoms with van der Waals surface area (Å²) in [6, 6.07) is 8.94. The minimum atomic E-state index is -0.261. The van der Waals surface area contributed by atoms with Gasteiger partial charge in [-0.3, -0.25) is 0 Å². The molecule has 0 radical (unpaired) electrons. The maximum atomic E-state index is 10.8. The molecule has 1 aromatic carbocycles. The minimum Gasteiger partial charge on any atom is -0.388 e. The molecule has 0 amide bonds. The van der Waals surface area contributed by atoms with E-state index >= 15 is 0 Å². The monoisotopic (exact) mass is 470 g/mol. The van der Waals surface area contributed by atoms with Gasteiger partial charge in [-0.05, 0) is 74.8 Å². The van der Waals surface area contributed by atoms with Gasteiger partial charge in [0.2, 0.25) is 0 Å². The first-order valence-electron chi connectivity index (χ1n) is 13.8. The Morgan fingerprint density at radius 3 is 2.12 bits per heavy atom. The Morgan fingerprint density at radius 1 is 1.09 bits per heavy atom. The molecular formula is C32H54O2. The van der Waals surface area contributed by atoms with Crippen molar-refractivity contribution in [2.45, 2.75) is 124 Å². The zero-order chi connectivity index (χ0) is 25.8. The van der Waals surface area contributed by atoms with E-state index in [1.807, 2.05) is 13.0 Å². The SMILES string of the molecule is C/C=C\CCCC=O.C=C.CCC.CCCC1(C(O)c2ccc(C3CCC(C)C3)cc2)CCC1. The first kappa shape index (κ1) is 32.3. The van der Waals surface area contributed by atoms with Gasteiger partial charge in [0.15, 0.2) is 0 Å². The lowest BCUT2D eigenvalue weighted by Crippen LogP contribution is -2.35. The van der Waals surface area contributed by atoms with E-state index < -0.39 is 0 Å². The molecule has 0 spiro atoms. The fourth-order valence-electron chi connectivity index (χ4n) is 5.09. The van der Waals surface area contributed by atoms with Crippen LogP contribution in [0.5, 0.6) is 0 Å². The van der Waals surface area contributed by atoms with Crippen LogP contribution in [0.2, 0.25) is 0 Å². The number of unbranched alkanes of at least 4 members (excludes halogenated alkanes) is 2. The Balaban J connectivity index is 0.000000704. The van der Waals surface area contributed by atoms with E-state index in [0.717, 1.165) is 42.9 Å². The van der Waals surface area contributed by atoms with Crippen molar-refractivity contribution in [3.05, 3.63) is 60.7 Å². The number of aldehydes is 1. The lowest BCUT2D eigenvalue weighted by Gasteiger charge is -2.46. The van der Waals surface area contributed by atoms with Gasteiger partial charge in [0.1, 0.15) is 6.29 Å². The predicted octanol–water partition coefficient (Wildman–Crippen LogP) is 9.74. The van der Waals surface area contributed by atoms with Crippen molar-refractivity contribution in [1.29, 1.82) is 0 Å². The molecule has 2 fully saturated rings. The zero-order valence-corrected chi connectivity index (χ0v) is 23.0. The number of aliphatic hydroxyl groups is 1. The molecule has 2 nitrogen and oxygen atoms in total. The van der Waals surface area contributed by atoms with Crippen LogP contribution in [0.1, 0.15) is 135 Å². The van der Waals surface area contributed by atoms with Gasteiger partial charge in [-0.1, -0.05) is 89.8 Å². The van der Waals surface area contributed by atoms with E-state index in [2.05, 4.69) is 71.2 Å². The Labute approximate surface area is 212 Å². The van der Waals surface area contributed by atoms with Crippen molar-refractivity contribution < 1.29 is 9.90 Å². The Bertz CT molecular complexity index is 641. The molecule has 0 aromatic heterocycles. The van der Waals surface area contributed by atoms with Crippen LogP contribution in [0.25, 0.3) is 0 Å². The van der Waals surface area contributed by atoms with Crippen LogP contribution >= 0.6 is 0 Å². The number of benzene rings is 1. The first-order valence-corrected chi connectivity index (χ1v) is 13.8. The second-order valence-corrected chi connectivity index (χ2v) is 10.0. The third kappa shape index (κ3) is 11.2. The normalized spacial score (nSPS) is 21.0. The molecule has 2 aliphatic rings. The molecule has 0 saturated heterocycles. The average Bonchev–Trinajstić information content (AvgIpc) is 3.27. The molecule has 1 aromatic rings. The van der Waals surface area contributed by atoms with E-state index in [9.17, 15) is 9.90 Å².